The summed E-state index contributed by atoms with van der Waals surface area (Å²) in [7, 11) is 0. The first-order valence-corrected chi connectivity index (χ1v) is 9.66. The molecule has 0 radical (unpaired) electrons. The number of esters is 1. The van der Waals surface area contributed by atoms with Gasteiger partial charge in [0, 0.05) is 6.42 Å². The van der Waals surface area contributed by atoms with Crippen molar-refractivity contribution in [3.8, 4) is 0 Å². The van der Waals surface area contributed by atoms with Crippen LogP contribution in [-0.2, 0) is 14.3 Å². The van der Waals surface area contributed by atoms with Crippen molar-refractivity contribution in [3.05, 3.63) is 11.3 Å². The summed E-state index contributed by atoms with van der Waals surface area (Å²) in [6.07, 6.45) is 10.4. The van der Waals surface area contributed by atoms with Crippen molar-refractivity contribution in [1.29, 1.82) is 0 Å². The highest BCUT2D eigenvalue weighted by atomic mass is 16.5. The first-order chi connectivity index (χ1) is 11.6. The van der Waals surface area contributed by atoms with E-state index in [1.807, 2.05) is 0 Å². The summed E-state index contributed by atoms with van der Waals surface area (Å²) in [6, 6.07) is 0. The van der Waals surface area contributed by atoms with E-state index in [9.17, 15) is 14.7 Å². The smallest absolute Gasteiger partial charge is 0.337 e. The van der Waals surface area contributed by atoms with E-state index < -0.39 is 5.97 Å². The number of carbonyl (C=O) groups is 2. The van der Waals surface area contributed by atoms with Gasteiger partial charge in [0.1, 0.15) is 11.5 Å². The van der Waals surface area contributed by atoms with Crippen LogP contribution < -0.4 is 0 Å². The second-order valence-electron chi connectivity index (χ2n) is 6.34. The third-order valence-corrected chi connectivity index (χ3v) is 4.07. The highest BCUT2D eigenvalue weighted by Crippen LogP contribution is 2.18. The number of ether oxygens (including phenoxy) is 1. The number of hydrogen-bond acceptors (Lipinski definition) is 4. The molecule has 0 bridgehead atoms. The van der Waals surface area contributed by atoms with Crippen molar-refractivity contribution in [3.63, 3.8) is 0 Å². The predicted octanol–water partition coefficient (Wildman–Crippen LogP) is 5.65. The summed E-state index contributed by atoms with van der Waals surface area (Å²) < 4.78 is 5.02. The van der Waals surface area contributed by atoms with Crippen molar-refractivity contribution in [1.82, 2.24) is 0 Å². The Morgan fingerprint density at radius 3 is 1.92 bits per heavy atom. The quantitative estimate of drug-likeness (QED) is 0.181. The van der Waals surface area contributed by atoms with Gasteiger partial charge >= 0.3 is 5.97 Å². The van der Waals surface area contributed by atoms with Gasteiger partial charge in [0.05, 0.1) is 18.6 Å². The van der Waals surface area contributed by atoms with Crippen LogP contribution in [0.1, 0.15) is 97.8 Å². The largest absolute Gasteiger partial charge is 0.511 e. The minimum atomic E-state index is -0.484. The molecule has 0 saturated heterocycles. The highest BCUT2D eigenvalue weighted by Gasteiger charge is 2.18. The molecule has 24 heavy (non-hydrogen) atoms. The zero-order valence-corrected chi connectivity index (χ0v) is 15.9. The normalized spacial score (nSPS) is 12.0. The van der Waals surface area contributed by atoms with Crippen LogP contribution in [0.2, 0.25) is 0 Å². The Morgan fingerprint density at radius 2 is 1.33 bits per heavy atom. The van der Waals surface area contributed by atoms with E-state index in [-0.39, 0.29) is 30.1 Å². The molecule has 0 aromatic heterocycles. The summed E-state index contributed by atoms with van der Waals surface area (Å²) in [5.41, 5.74) is 0.285. The fraction of sp³-hybridized carbons (Fsp3) is 0.800. The molecule has 0 spiro atoms. The third kappa shape index (κ3) is 11.3. The lowest BCUT2D eigenvalue weighted by Gasteiger charge is -2.10. The van der Waals surface area contributed by atoms with Crippen LogP contribution in [0.3, 0.4) is 0 Å². The van der Waals surface area contributed by atoms with E-state index in [0.717, 1.165) is 44.9 Å². The van der Waals surface area contributed by atoms with E-state index >= 15 is 0 Å². The van der Waals surface area contributed by atoms with Crippen LogP contribution in [0.5, 0.6) is 0 Å². The average molecular weight is 341 g/mol. The Labute approximate surface area is 147 Å². The maximum absolute atomic E-state index is 12.0. The predicted molar refractivity (Wildman–Crippen MR) is 98.0 cm³/mol. The van der Waals surface area contributed by atoms with Gasteiger partial charge in [0.15, 0.2) is 0 Å². The van der Waals surface area contributed by atoms with Crippen molar-refractivity contribution in [2.24, 2.45) is 0 Å². The third-order valence-electron chi connectivity index (χ3n) is 4.07. The maximum Gasteiger partial charge on any atom is 0.337 e. The topological polar surface area (TPSA) is 63.6 Å². The molecule has 4 heteroatoms. The summed E-state index contributed by atoms with van der Waals surface area (Å²) in [5.74, 6) is -0.579. The molecule has 0 fully saturated rings. The lowest BCUT2D eigenvalue weighted by Crippen LogP contribution is -2.12. The Bertz CT molecular complexity index is 385. The van der Waals surface area contributed by atoms with Gasteiger partial charge in [-0.15, -0.1) is 0 Å². The fourth-order valence-electron chi connectivity index (χ4n) is 2.62. The molecule has 0 aliphatic rings. The molecule has 0 saturated carbocycles. The Balaban J connectivity index is 4.50. The minimum absolute atomic E-state index is 0.000597. The summed E-state index contributed by atoms with van der Waals surface area (Å²) in [5, 5.41) is 10.2. The second-order valence-corrected chi connectivity index (χ2v) is 6.34. The van der Waals surface area contributed by atoms with Crippen molar-refractivity contribution < 1.29 is 19.4 Å². The molecule has 0 aromatic carbocycles. The summed E-state index contributed by atoms with van der Waals surface area (Å²) in [6.45, 7) is 6.30. The zero-order chi connectivity index (χ0) is 18.2. The summed E-state index contributed by atoms with van der Waals surface area (Å²) in [4.78, 5) is 24.0. The molecule has 140 valence electrons. The Hall–Kier alpha value is -1.32. The van der Waals surface area contributed by atoms with Crippen LogP contribution in [0, 0.1) is 0 Å². The van der Waals surface area contributed by atoms with Crippen molar-refractivity contribution >= 4 is 11.8 Å². The number of rotatable bonds is 15. The number of aliphatic hydroxyl groups is 1. The molecular formula is C20H36O4. The van der Waals surface area contributed by atoms with Gasteiger partial charge in [-0.25, -0.2) is 4.79 Å². The van der Waals surface area contributed by atoms with Crippen LogP contribution in [0.25, 0.3) is 0 Å². The van der Waals surface area contributed by atoms with E-state index in [1.54, 1.807) is 6.92 Å². The number of aliphatic hydroxyl groups excluding tert-OH is 1. The maximum atomic E-state index is 12.0. The molecule has 0 atom stereocenters. The molecule has 0 aromatic rings. The van der Waals surface area contributed by atoms with Crippen LogP contribution in [0.4, 0.5) is 0 Å². The highest BCUT2D eigenvalue weighted by molar-refractivity contribution is 5.90. The lowest BCUT2D eigenvalue weighted by atomic mass is 10.0. The molecule has 0 amide bonds. The zero-order valence-electron chi connectivity index (χ0n) is 15.9. The standard InChI is InChI=1S/C20H36O4/c1-4-7-9-11-12-14-17(21)16-19(22)18(20(23)24-6-3)15-13-10-8-5-2/h22H,4-16H2,1-3H3. The molecule has 0 heterocycles. The number of Topliss-reactive ketones (excluding diaryl/α,β-unsaturated/α-hetero) is 1. The molecule has 0 unspecified atom stereocenters. The molecule has 0 aliphatic carbocycles. The van der Waals surface area contributed by atoms with Gasteiger partial charge < -0.3 is 9.84 Å². The van der Waals surface area contributed by atoms with Gasteiger partial charge in [-0.05, 0) is 26.2 Å². The van der Waals surface area contributed by atoms with E-state index in [0.29, 0.717) is 12.8 Å². The van der Waals surface area contributed by atoms with Gasteiger partial charge in [0.25, 0.3) is 0 Å². The van der Waals surface area contributed by atoms with Crippen molar-refractivity contribution in [2.75, 3.05) is 6.61 Å². The number of hydrogen-bond donors (Lipinski definition) is 1. The Morgan fingerprint density at radius 1 is 0.792 bits per heavy atom. The molecule has 0 aliphatic heterocycles. The number of unbranched alkanes of at least 4 members (excludes halogenated alkanes) is 7. The van der Waals surface area contributed by atoms with Crippen molar-refractivity contribution in [2.45, 2.75) is 97.8 Å². The number of ketones is 1. The first-order valence-electron chi connectivity index (χ1n) is 9.66. The van der Waals surface area contributed by atoms with Crippen LogP contribution in [-0.4, -0.2) is 23.5 Å². The van der Waals surface area contributed by atoms with Crippen LogP contribution in [0.15, 0.2) is 11.3 Å². The van der Waals surface area contributed by atoms with Crippen LogP contribution >= 0.6 is 0 Å². The SMILES string of the molecule is CCCCCCCC(=O)CC(O)=C(CCCCCC)C(=O)OCC. The molecule has 0 rings (SSSR count). The first kappa shape index (κ1) is 22.7. The lowest BCUT2D eigenvalue weighted by molar-refractivity contribution is -0.138. The summed E-state index contributed by atoms with van der Waals surface area (Å²) >= 11 is 0. The molecule has 1 N–H and O–H groups in total. The van der Waals surface area contributed by atoms with E-state index in [2.05, 4.69) is 13.8 Å². The Kier molecular flexibility index (Phi) is 14.4. The number of carbonyl (C=O) groups excluding carboxylic acids is 2. The van der Waals surface area contributed by atoms with Gasteiger partial charge in [-0.3, -0.25) is 4.79 Å². The van der Waals surface area contributed by atoms with Gasteiger partial charge in [0.2, 0.25) is 0 Å². The second kappa shape index (κ2) is 15.2. The number of allylic oxidation sites excluding steroid dienone is 1. The molecular weight excluding hydrogens is 304 g/mol. The molecule has 4 nitrogen and oxygen atoms in total. The average Bonchev–Trinajstić information content (AvgIpc) is 2.54. The van der Waals surface area contributed by atoms with Gasteiger partial charge in [-0.1, -0.05) is 58.8 Å². The van der Waals surface area contributed by atoms with E-state index in [1.165, 1.54) is 12.8 Å². The monoisotopic (exact) mass is 340 g/mol. The minimum Gasteiger partial charge on any atom is -0.511 e. The fourth-order valence-corrected chi connectivity index (χ4v) is 2.62. The van der Waals surface area contributed by atoms with E-state index in [4.69, 9.17) is 4.74 Å². The van der Waals surface area contributed by atoms with Gasteiger partial charge in [-0.2, -0.15) is 0 Å².